The lowest BCUT2D eigenvalue weighted by molar-refractivity contribution is -0.137. The number of nitrogens with zero attached hydrogens (tertiary/aromatic N) is 2. The number of hydrogen-bond acceptors (Lipinski definition) is 7. The van der Waals surface area contributed by atoms with Crippen molar-refractivity contribution in [1.82, 2.24) is 4.72 Å². The van der Waals surface area contributed by atoms with Gasteiger partial charge in [0.1, 0.15) is 11.4 Å². The zero-order chi connectivity index (χ0) is 34.8. The van der Waals surface area contributed by atoms with Crippen molar-refractivity contribution in [3.63, 3.8) is 0 Å². The van der Waals surface area contributed by atoms with Crippen LogP contribution in [0.5, 0.6) is 5.75 Å². The molecule has 3 aliphatic carbocycles. The molecule has 9 nitrogen and oxygen atoms in total. The molecule has 0 saturated heterocycles. The largest absolute Gasteiger partial charge is 0.490 e. The Balaban J connectivity index is 1.25. The Morgan fingerprint density at radius 2 is 2.02 bits per heavy atom. The van der Waals surface area contributed by atoms with Crippen molar-refractivity contribution in [3.8, 4) is 5.75 Å². The van der Waals surface area contributed by atoms with E-state index >= 15 is 0 Å². The molecule has 2 aromatic rings. The third kappa shape index (κ3) is 7.67. The van der Waals surface area contributed by atoms with Gasteiger partial charge in [-0.3, -0.25) is 14.3 Å². The van der Waals surface area contributed by atoms with Gasteiger partial charge in [-0.25, -0.2) is 9.20 Å². The summed E-state index contributed by atoms with van der Waals surface area (Å²) in [6, 6.07) is 11.9. The maximum absolute atomic E-state index is 13.4. The number of benzene rings is 2. The van der Waals surface area contributed by atoms with Gasteiger partial charge in [-0.1, -0.05) is 36.2 Å². The molecule has 2 saturated carbocycles. The Hall–Kier alpha value is -3.05. The molecule has 6 rings (SSSR count). The molecule has 1 aliphatic heterocycles. The van der Waals surface area contributed by atoms with E-state index in [1.54, 1.807) is 27.0 Å². The van der Waals surface area contributed by atoms with E-state index < -0.39 is 22.5 Å². The van der Waals surface area contributed by atoms with E-state index in [-0.39, 0.29) is 35.9 Å². The number of methoxy groups -OCH3 is 1. The first kappa shape index (κ1) is 35.8. The first-order valence-corrected chi connectivity index (χ1v) is 18.9. The number of carbonyl (C=O) groups is 2. The summed E-state index contributed by atoms with van der Waals surface area (Å²) in [6.45, 7) is 9.00. The number of nitrogens with one attached hydrogen (secondary N) is 1. The highest BCUT2D eigenvalue weighted by Gasteiger charge is 2.44. The molecule has 1 unspecified atom stereocenters. The van der Waals surface area contributed by atoms with Gasteiger partial charge in [0.05, 0.1) is 29.9 Å². The smallest absolute Gasteiger partial charge is 0.276 e. The fraction of sp³-hybridized carbons (Fsp3) is 0.553. The number of amides is 2. The number of fused-ring (bicyclic) bond motifs is 3. The first-order valence-electron chi connectivity index (χ1n) is 17.4. The minimum Gasteiger partial charge on any atom is -0.490 e. The SMILES string of the molecule is C=NC(=O)C(C)(C)OC/C=C/[C@H](OC)[C@@H]1CC[C@H]1CN1C[C@@]2(CCCc3cc(Cl)ccc32)COc2ccc(S(=O)NC(=O)C3CCC3)cc21. The van der Waals surface area contributed by atoms with Gasteiger partial charge >= 0.3 is 0 Å². The van der Waals surface area contributed by atoms with Crippen LogP contribution in [0.1, 0.15) is 69.9 Å². The normalized spacial score (nSPS) is 24.9. The average molecular weight is 710 g/mol. The van der Waals surface area contributed by atoms with Crippen LogP contribution in [0, 0.1) is 17.8 Å². The molecule has 0 radical (unpaired) electrons. The molecule has 1 heterocycles. The molecule has 49 heavy (non-hydrogen) atoms. The van der Waals surface area contributed by atoms with Gasteiger partial charge < -0.3 is 19.1 Å². The number of carbonyl (C=O) groups excluding carboxylic acids is 2. The van der Waals surface area contributed by atoms with Crippen molar-refractivity contribution in [1.29, 1.82) is 0 Å². The van der Waals surface area contributed by atoms with Crippen LogP contribution in [0.25, 0.3) is 0 Å². The molecule has 2 amide bonds. The second-order valence-electron chi connectivity index (χ2n) is 14.5. The summed E-state index contributed by atoms with van der Waals surface area (Å²) in [7, 11) is 0.0584. The van der Waals surface area contributed by atoms with Crippen LogP contribution in [0.15, 0.2) is 58.4 Å². The van der Waals surface area contributed by atoms with Crippen LogP contribution in [0.2, 0.25) is 5.02 Å². The van der Waals surface area contributed by atoms with Gasteiger partial charge in [0.25, 0.3) is 5.91 Å². The topological polar surface area (TPSA) is 107 Å². The zero-order valence-electron chi connectivity index (χ0n) is 28.8. The van der Waals surface area contributed by atoms with E-state index in [4.69, 9.17) is 25.8 Å². The predicted octanol–water partition coefficient (Wildman–Crippen LogP) is 6.37. The molecule has 0 bridgehead atoms. The highest BCUT2D eigenvalue weighted by Crippen LogP contribution is 2.47. The van der Waals surface area contributed by atoms with Gasteiger partial charge in [0.2, 0.25) is 5.91 Å². The van der Waals surface area contributed by atoms with Crippen molar-refractivity contribution < 1.29 is 28.0 Å². The molecule has 2 aromatic carbocycles. The summed E-state index contributed by atoms with van der Waals surface area (Å²) < 4.78 is 34.6. The van der Waals surface area contributed by atoms with Gasteiger partial charge in [0, 0.05) is 36.6 Å². The van der Waals surface area contributed by atoms with E-state index in [0.717, 1.165) is 80.9 Å². The van der Waals surface area contributed by atoms with Crippen LogP contribution in [0.3, 0.4) is 0 Å². The minimum absolute atomic E-state index is 0.0487. The maximum Gasteiger partial charge on any atom is 0.276 e. The molecule has 11 heteroatoms. The second kappa shape index (κ2) is 15.1. The molecular formula is C38H48ClN3O6S. The lowest BCUT2D eigenvalue weighted by Crippen LogP contribution is -2.49. The lowest BCUT2D eigenvalue weighted by Gasteiger charge is -2.46. The number of rotatable bonds is 12. The Kier molecular flexibility index (Phi) is 11.0. The number of anilines is 1. The van der Waals surface area contributed by atoms with Crippen LogP contribution in [-0.2, 0) is 41.9 Å². The van der Waals surface area contributed by atoms with Crippen molar-refractivity contribution in [2.75, 3.05) is 38.3 Å². The van der Waals surface area contributed by atoms with Crippen molar-refractivity contribution in [3.05, 3.63) is 64.7 Å². The molecule has 5 atom stereocenters. The van der Waals surface area contributed by atoms with E-state index in [2.05, 4.69) is 33.5 Å². The Morgan fingerprint density at radius 1 is 1.20 bits per heavy atom. The minimum atomic E-state index is -1.67. The highest BCUT2D eigenvalue weighted by atomic mass is 35.5. The molecule has 4 aliphatic rings. The Bertz CT molecular complexity index is 1630. The number of hydrogen-bond donors (Lipinski definition) is 1. The van der Waals surface area contributed by atoms with Crippen LogP contribution < -0.4 is 14.4 Å². The van der Waals surface area contributed by atoms with Gasteiger partial charge in [0.15, 0.2) is 11.0 Å². The Morgan fingerprint density at radius 3 is 2.71 bits per heavy atom. The van der Waals surface area contributed by atoms with E-state index in [1.165, 1.54) is 11.1 Å². The number of aliphatic imine (C=N–C) groups is 1. The number of aryl methyl sites for hydroxylation is 1. The summed E-state index contributed by atoms with van der Waals surface area (Å²) in [5.74, 6) is 0.781. The maximum atomic E-state index is 13.4. The van der Waals surface area contributed by atoms with Crippen LogP contribution in [-0.4, -0.2) is 67.9 Å². The van der Waals surface area contributed by atoms with Crippen molar-refractivity contribution in [2.24, 2.45) is 22.7 Å². The summed E-state index contributed by atoms with van der Waals surface area (Å²) in [4.78, 5) is 31.2. The van der Waals surface area contributed by atoms with Crippen LogP contribution in [0.4, 0.5) is 5.69 Å². The predicted molar refractivity (Wildman–Crippen MR) is 193 cm³/mol. The van der Waals surface area contributed by atoms with E-state index in [0.29, 0.717) is 17.4 Å². The third-order valence-corrected chi connectivity index (χ3v) is 12.3. The standard InChI is InChI=1S/C38H48ClN3O6S/c1-37(2,36(44)40-3)48-19-7-11-33(46-4)30-15-12-27(30)22-42-23-38(18-6-10-26-20-28(39)13-16-31(26)38)24-47-34-17-14-29(21-32(34)42)49(45)41-35(43)25-8-5-9-25/h7,11,13-14,16-17,20-21,25,27,30,33H,3,5-6,8-10,12,15,18-19,22-24H2,1-2,4H3,(H,41,43)/b11-7+/t27-,30+,33-,38-,49?/m0/s1. The molecule has 1 N–H and O–H groups in total. The summed E-state index contributed by atoms with van der Waals surface area (Å²) in [5.41, 5.74) is 2.17. The summed E-state index contributed by atoms with van der Waals surface area (Å²) in [6.07, 6.45) is 11.7. The van der Waals surface area contributed by atoms with E-state index in [1.807, 2.05) is 30.4 Å². The summed E-state index contributed by atoms with van der Waals surface area (Å²) in [5, 5.41) is 0.746. The molecule has 264 valence electrons. The molecule has 2 fully saturated rings. The van der Waals surface area contributed by atoms with Gasteiger partial charge in [-0.05, 0) is 119 Å². The summed E-state index contributed by atoms with van der Waals surface area (Å²) >= 11 is 6.45. The van der Waals surface area contributed by atoms with Gasteiger partial charge in [-0.15, -0.1) is 0 Å². The first-order chi connectivity index (χ1) is 23.5. The van der Waals surface area contributed by atoms with Gasteiger partial charge in [-0.2, -0.15) is 0 Å². The average Bonchev–Trinajstić information content (AvgIpc) is 3.19. The Labute approximate surface area is 297 Å². The fourth-order valence-electron chi connectivity index (χ4n) is 7.74. The second-order valence-corrected chi connectivity index (χ2v) is 16.2. The third-order valence-electron chi connectivity index (χ3n) is 11.0. The number of halogens is 1. The molecule has 1 spiro atoms. The lowest BCUT2D eigenvalue weighted by atomic mass is 9.68. The quantitative estimate of drug-likeness (QED) is 0.202. The fourth-order valence-corrected chi connectivity index (χ4v) is 8.82. The zero-order valence-corrected chi connectivity index (χ0v) is 30.3. The van der Waals surface area contributed by atoms with Crippen molar-refractivity contribution >= 4 is 46.8 Å². The van der Waals surface area contributed by atoms with E-state index in [9.17, 15) is 13.8 Å². The monoisotopic (exact) mass is 709 g/mol. The highest BCUT2D eigenvalue weighted by molar-refractivity contribution is 7.83. The molecular weight excluding hydrogens is 662 g/mol. The van der Waals surface area contributed by atoms with Crippen LogP contribution >= 0.6 is 11.6 Å². The number of ether oxygens (including phenoxy) is 3. The molecule has 0 aromatic heterocycles. The van der Waals surface area contributed by atoms with Crippen molar-refractivity contribution in [2.45, 2.75) is 87.2 Å².